The molecule has 2 nitrogen and oxygen atoms in total. The van der Waals surface area contributed by atoms with Gasteiger partial charge in [-0.15, -0.1) is 0 Å². The summed E-state index contributed by atoms with van der Waals surface area (Å²) >= 11 is 0. The van der Waals surface area contributed by atoms with Crippen LogP contribution in [0.1, 0.15) is 49.0 Å². The van der Waals surface area contributed by atoms with Gasteiger partial charge in [-0.25, -0.2) is 4.39 Å². The highest BCUT2D eigenvalue weighted by molar-refractivity contribution is 5.29. The predicted molar refractivity (Wildman–Crippen MR) is 83.8 cm³/mol. The van der Waals surface area contributed by atoms with Gasteiger partial charge in [-0.2, -0.15) is 0 Å². The number of benzene rings is 2. The molecular weight excluding hydrogens is 265 g/mol. The van der Waals surface area contributed by atoms with Crippen LogP contribution in [0.3, 0.4) is 0 Å². The Morgan fingerprint density at radius 1 is 1.10 bits per heavy atom. The highest BCUT2D eigenvalue weighted by atomic mass is 19.1. The van der Waals surface area contributed by atoms with E-state index in [-0.39, 0.29) is 23.7 Å². The van der Waals surface area contributed by atoms with Crippen LogP contribution in [0.4, 0.5) is 4.39 Å². The molecule has 2 atom stereocenters. The molecule has 0 aliphatic carbocycles. The second-order valence-corrected chi connectivity index (χ2v) is 5.45. The van der Waals surface area contributed by atoms with E-state index in [4.69, 9.17) is 0 Å². The fraction of sp³-hybridized carbons (Fsp3) is 0.333. The van der Waals surface area contributed by atoms with E-state index in [9.17, 15) is 9.50 Å². The fourth-order valence-corrected chi connectivity index (χ4v) is 2.43. The maximum Gasteiger partial charge on any atom is 0.126 e. The Bertz CT molecular complexity index is 595. The minimum absolute atomic E-state index is 0.0545. The first-order valence-corrected chi connectivity index (χ1v) is 7.32. The zero-order chi connectivity index (χ0) is 15.4. The summed E-state index contributed by atoms with van der Waals surface area (Å²) < 4.78 is 13.7. The Balaban J connectivity index is 2.13. The van der Waals surface area contributed by atoms with Gasteiger partial charge in [-0.3, -0.25) is 0 Å². The van der Waals surface area contributed by atoms with Crippen molar-refractivity contribution < 1.29 is 9.50 Å². The van der Waals surface area contributed by atoms with Gasteiger partial charge in [-0.1, -0.05) is 31.2 Å². The lowest BCUT2D eigenvalue weighted by Gasteiger charge is -2.23. The lowest BCUT2D eigenvalue weighted by molar-refractivity contribution is 0.451. The second-order valence-electron chi connectivity index (χ2n) is 5.45. The van der Waals surface area contributed by atoms with Crippen molar-refractivity contribution in [1.29, 1.82) is 0 Å². The third-order valence-corrected chi connectivity index (χ3v) is 3.85. The molecule has 0 radical (unpaired) electrons. The number of phenolic OH excluding ortho intramolecular Hbond substituents is 1. The maximum absolute atomic E-state index is 13.7. The van der Waals surface area contributed by atoms with E-state index >= 15 is 0 Å². The number of hydrogen-bond donors (Lipinski definition) is 2. The van der Waals surface area contributed by atoms with Gasteiger partial charge in [0.05, 0.1) is 0 Å². The van der Waals surface area contributed by atoms with Crippen LogP contribution in [0.15, 0.2) is 42.5 Å². The van der Waals surface area contributed by atoms with Crippen molar-refractivity contribution in [3.63, 3.8) is 0 Å². The molecule has 0 heterocycles. The van der Waals surface area contributed by atoms with Gasteiger partial charge in [0.25, 0.3) is 0 Å². The molecule has 21 heavy (non-hydrogen) atoms. The van der Waals surface area contributed by atoms with Crippen LogP contribution >= 0.6 is 0 Å². The molecule has 2 unspecified atom stereocenters. The van der Waals surface area contributed by atoms with Crippen LogP contribution in [-0.4, -0.2) is 5.11 Å². The fourth-order valence-electron chi connectivity index (χ4n) is 2.43. The summed E-state index contributed by atoms with van der Waals surface area (Å²) in [6.45, 7) is 5.91. The lowest BCUT2D eigenvalue weighted by atomic mass is 10.0. The smallest absolute Gasteiger partial charge is 0.126 e. The molecule has 2 N–H and O–H groups in total. The van der Waals surface area contributed by atoms with E-state index in [1.165, 1.54) is 0 Å². The Morgan fingerprint density at radius 3 is 2.29 bits per heavy atom. The quantitative estimate of drug-likeness (QED) is 0.839. The number of nitrogens with one attached hydrogen (secondary N) is 1. The van der Waals surface area contributed by atoms with Crippen molar-refractivity contribution in [3.05, 3.63) is 65.0 Å². The molecule has 0 saturated heterocycles. The van der Waals surface area contributed by atoms with Crippen molar-refractivity contribution in [3.8, 4) is 5.75 Å². The van der Waals surface area contributed by atoms with E-state index in [1.54, 1.807) is 25.1 Å². The topological polar surface area (TPSA) is 32.3 Å². The van der Waals surface area contributed by atoms with Crippen molar-refractivity contribution in [2.45, 2.75) is 39.3 Å². The third kappa shape index (κ3) is 3.82. The van der Waals surface area contributed by atoms with Crippen LogP contribution < -0.4 is 5.32 Å². The summed E-state index contributed by atoms with van der Waals surface area (Å²) in [7, 11) is 0. The van der Waals surface area contributed by atoms with E-state index < -0.39 is 0 Å². The molecule has 2 aromatic rings. The standard InChI is InChI=1S/C18H22FNO/c1-4-18(14-7-9-16(21)10-8-14)20-13(3)15-6-5-12(2)17(19)11-15/h5-11,13,18,20-21H,4H2,1-3H3. The summed E-state index contributed by atoms with van der Waals surface area (Å²) in [5, 5.41) is 12.9. The van der Waals surface area contributed by atoms with Crippen LogP contribution in [-0.2, 0) is 0 Å². The Kier molecular flexibility index (Phi) is 4.97. The molecule has 0 aliphatic rings. The monoisotopic (exact) mass is 287 g/mol. The van der Waals surface area contributed by atoms with E-state index in [0.717, 1.165) is 17.5 Å². The molecule has 3 heteroatoms. The Morgan fingerprint density at radius 2 is 1.71 bits per heavy atom. The number of halogens is 1. The minimum atomic E-state index is -0.168. The first-order valence-electron chi connectivity index (χ1n) is 7.32. The van der Waals surface area contributed by atoms with Gasteiger partial charge in [-0.05, 0) is 55.2 Å². The zero-order valence-electron chi connectivity index (χ0n) is 12.7. The van der Waals surface area contributed by atoms with Gasteiger partial charge >= 0.3 is 0 Å². The molecule has 2 aromatic carbocycles. The lowest BCUT2D eigenvalue weighted by Crippen LogP contribution is -2.24. The Labute approximate surface area is 125 Å². The minimum Gasteiger partial charge on any atom is -0.508 e. The van der Waals surface area contributed by atoms with E-state index in [2.05, 4.69) is 12.2 Å². The van der Waals surface area contributed by atoms with Crippen LogP contribution in [0.2, 0.25) is 0 Å². The average molecular weight is 287 g/mol. The summed E-state index contributed by atoms with van der Waals surface area (Å²) in [4.78, 5) is 0. The highest BCUT2D eigenvalue weighted by Crippen LogP contribution is 2.24. The molecule has 112 valence electrons. The summed E-state index contributed by atoms with van der Waals surface area (Å²) in [5.41, 5.74) is 2.72. The number of aromatic hydroxyl groups is 1. The normalized spacial score (nSPS) is 13.9. The van der Waals surface area contributed by atoms with E-state index in [1.807, 2.05) is 31.2 Å². The van der Waals surface area contributed by atoms with Crippen molar-refractivity contribution in [2.24, 2.45) is 0 Å². The van der Waals surface area contributed by atoms with Gasteiger partial charge in [0, 0.05) is 12.1 Å². The van der Waals surface area contributed by atoms with Gasteiger partial charge in [0.1, 0.15) is 11.6 Å². The SMILES string of the molecule is CCC(NC(C)c1ccc(C)c(F)c1)c1ccc(O)cc1. The largest absolute Gasteiger partial charge is 0.508 e. The number of phenols is 1. The first-order chi connectivity index (χ1) is 10.0. The summed E-state index contributed by atoms with van der Waals surface area (Å²) in [5.74, 6) is 0.0982. The molecular formula is C18H22FNO. The second kappa shape index (κ2) is 6.72. The average Bonchev–Trinajstić information content (AvgIpc) is 2.48. The van der Waals surface area contributed by atoms with Crippen molar-refractivity contribution in [2.75, 3.05) is 0 Å². The summed E-state index contributed by atoms with van der Waals surface area (Å²) in [6.07, 6.45) is 0.920. The molecule has 0 spiro atoms. The first kappa shape index (κ1) is 15.5. The van der Waals surface area contributed by atoms with Gasteiger partial charge in [0.15, 0.2) is 0 Å². The maximum atomic E-state index is 13.7. The highest BCUT2D eigenvalue weighted by Gasteiger charge is 2.14. The van der Waals surface area contributed by atoms with Gasteiger partial charge in [0.2, 0.25) is 0 Å². The Hall–Kier alpha value is -1.87. The number of aryl methyl sites for hydroxylation is 1. The molecule has 0 bridgehead atoms. The summed E-state index contributed by atoms with van der Waals surface area (Å²) in [6, 6.07) is 12.8. The molecule has 2 rings (SSSR count). The van der Waals surface area contributed by atoms with Gasteiger partial charge < -0.3 is 10.4 Å². The predicted octanol–water partition coefficient (Wildman–Crippen LogP) is 4.64. The number of hydrogen-bond acceptors (Lipinski definition) is 2. The van der Waals surface area contributed by atoms with Crippen molar-refractivity contribution in [1.82, 2.24) is 5.32 Å². The van der Waals surface area contributed by atoms with Crippen molar-refractivity contribution >= 4 is 0 Å². The molecule has 0 aromatic heterocycles. The van der Waals surface area contributed by atoms with Crippen LogP contribution in [0.5, 0.6) is 5.75 Å². The molecule has 0 fully saturated rings. The van der Waals surface area contributed by atoms with E-state index in [0.29, 0.717) is 5.56 Å². The zero-order valence-corrected chi connectivity index (χ0v) is 12.7. The number of rotatable bonds is 5. The molecule has 0 amide bonds. The van der Waals surface area contributed by atoms with Crippen LogP contribution in [0, 0.1) is 12.7 Å². The third-order valence-electron chi connectivity index (χ3n) is 3.85. The molecule has 0 saturated carbocycles. The molecule has 0 aliphatic heterocycles. The van der Waals surface area contributed by atoms with Crippen LogP contribution in [0.25, 0.3) is 0 Å².